The average molecular weight is 322 g/mol. The van der Waals surface area contributed by atoms with Crippen LogP contribution >= 0.6 is 0 Å². The van der Waals surface area contributed by atoms with Crippen molar-refractivity contribution in [1.82, 2.24) is 10.0 Å². The van der Waals surface area contributed by atoms with Crippen LogP contribution in [0.2, 0.25) is 0 Å². The molecule has 0 radical (unpaired) electrons. The van der Waals surface area contributed by atoms with Gasteiger partial charge < -0.3 is 0 Å². The van der Waals surface area contributed by atoms with E-state index >= 15 is 0 Å². The maximum absolute atomic E-state index is 12.7. The minimum atomic E-state index is -6.47. The molecule has 1 aliphatic rings. The highest BCUT2D eigenvalue weighted by Crippen LogP contribution is 2.47. The van der Waals surface area contributed by atoms with E-state index in [2.05, 4.69) is 0 Å². The monoisotopic (exact) mass is 322 g/mol. The second-order valence-corrected chi connectivity index (χ2v) is 3.32. The maximum Gasteiger partial charge on any atom is 0.506 e. The number of hydrogen-bond donors (Lipinski definition) is 0. The van der Waals surface area contributed by atoms with Crippen LogP contribution in [-0.2, 0) is 9.59 Å². The number of nitrogens with zero attached hydrogens (tertiary/aromatic N) is 2. The number of hydrogen-bond acceptors (Lipinski definition) is 2. The zero-order valence-corrected chi connectivity index (χ0v) is 8.49. The van der Waals surface area contributed by atoms with Crippen LogP contribution < -0.4 is 0 Å². The summed E-state index contributed by atoms with van der Waals surface area (Å²) in [6.45, 7) is 0. The number of halogens is 10. The normalized spacial score (nSPS) is 23.3. The Balaban J connectivity index is 3.57. The van der Waals surface area contributed by atoms with Crippen molar-refractivity contribution >= 4 is 11.8 Å². The van der Waals surface area contributed by atoms with Crippen LogP contribution in [0.15, 0.2) is 0 Å². The topological polar surface area (TPSA) is 40.6 Å². The van der Waals surface area contributed by atoms with Crippen molar-refractivity contribution < 1.29 is 53.5 Å². The van der Waals surface area contributed by atoms with E-state index in [9.17, 15) is 53.5 Å². The lowest BCUT2D eigenvalue weighted by molar-refractivity contribution is -0.393. The minimum absolute atomic E-state index is 2.70. The second-order valence-electron chi connectivity index (χ2n) is 3.32. The van der Waals surface area contributed by atoms with Gasteiger partial charge in [0.15, 0.2) is 0 Å². The van der Waals surface area contributed by atoms with Gasteiger partial charge in [0.05, 0.1) is 0 Å². The SMILES string of the molecule is O=C1N(C(F)(F)F)N(C(F)(F)F)C(=O)C(F)(F)C1(F)F. The Morgan fingerprint density at radius 3 is 1.00 bits per heavy atom. The van der Waals surface area contributed by atoms with E-state index in [1.807, 2.05) is 0 Å². The molecule has 1 fully saturated rings. The third-order valence-corrected chi connectivity index (χ3v) is 2.00. The Morgan fingerprint density at radius 2 is 0.850 bits per heavy atom. The lowest BCUT2D eigenvalue weighted by Gasteiger charge is -2.43. The van der Waals surface area contributed by atoms with Crippen LogP contribution in [-0.4, -0.2) is 46.3 Å². The predicted molar refractivity (Wildman–Crippen MR) is 35.7 cm³/mol. The first-order valence-electron chi connectivity index (χ1n) is 4.14. The molecular formula is C6F10N2O2. The fourth-order valence-electron chi connectivity index (χ4n) is 1.17. The molecule has 1 saturated heterocycles. The van der Waals surface area contributed by atoms with Crippen molar-refractivity contribution in [2.24, 2.45) is 0 Å². The Bertz CT molecular complexity index is 410. The summed E-state index contributed by atoms with van der Waals surface area (Å²) in [6, 6.07) is 0. The third-order valence-electron chi connectivity index (χ3n) is 2.00. The van der Waals surface area contributed by atoms with E-state index in [-0.39, 0.29) is 0 Å². The van der Waals surface area contributed by atoms with Gasteiger partial charge in [-0.3, -0.25) is 9.59 Å². The molecule has 1 rings (SSSR count). The average Bonchev–Trinajstić information content (AvgIpc) is 2.18. The number of rotatable bonds is 0. The summed E-state index contributed by atoms with van der Waals surface area (Å²) in [5, 5.41) is -5.40. The molecule has 0 aromatic rings. The molecule has 116 valence electrons. The van der Waals surface area contributed by atoms with Crippen LogP contribution in [0.5, 0.6) is 0 Å². The van der Waals surface area contributed by atoms with Crippen molar-refractivity contribution in [2.45, 2.75) is 24.4 Å². The van der Waals surface area contributed by atoms with Gasteiger partial charge in [-0.2, -0.15) is 17.6 Å². The zero-order valence-electron chi connectivity index (χ0n) is 8.49. The molecule has 0 spiro atoms. The number of hydrazine groups is 1. The summed E-state index contributed by atoms with van der Waals surface area (Å²) >= 11 is 0. The first-order valence-corrected chi connectivity index (χ1v) is 4.14. The molecule has 0 N–H and O–H groups in total. The van der Waals surface area contributed by atoms with E-state index in [1.54, 1.807) is 0 Å². The predicted octanol–water partition coefficient (Wildman–Crippen LogP) is 1.88. The molecule has 2 amide bonds. The first kappa shape index (κ1) is 16.3. The van der Waals surface area contributed by atoms with E-state index in [0.29, 0.717) is 0 Å². The number of carbonyl (C=O) groups is 2. The van der Waals surface area contributed by atoms with Crippen LogP contribution in [0.1, 0.15) is 0 Å². The highest BCUT2D eigenvalue weighted by molar-refractivity contribution is 6.00. The van der Waals surface area contributed by atoms with E-state index in [0.717, 1.165) is 0 Å². The molecule has 14 heteroatoms. The second kappa shape index (κ2) is 3.88. The fourth-order valence-corrected chi connectivity index (χ4v) is 1.17. The van der Waals surface area contributed by atoms with Gasteiger partial charge in [0.2, 0.25) is 0 Å². The molecule has 0 saturated carbocycles. The van der Waals surface area contributed by atoms with Crippen LogP contribution in [0, 0.1) is 0 Å². The Kier molecular flexibility index (Phi) is 3.16. The van der Waals surface area contributed by atoms with Gasteiger partial charge >= 0.3 is 36.3 Å². The van der Waals surface area contributed by atoms with Crippen LogP contribution in [0.3, 0.4) is 0 Å². The largest absolute Gasteiger partial charge is 0.506 e. The van der Waals surface area contributed by atoms with Gasteiger partial charge in [-0.05, 0) is 0 Å². The summed E-state index contributed by atoms with van der Waals surface area (Å²) in [7, 11) is 0. The standard InChI is InChI=1S/C6F10N2O2/c7-3(8)1(19)17(5(11,12)13)18(6(14,15)16)2(20)4(3,9)10. The zero-order chi connectivity index (χ0) is 16.3. The Labute approximate surface area is 101 Å². The molecule has 0 bridgehead atoms. The van der Waals surface area contributed by atoms with E-state index in [1.165, 1.54) is 0 Å². The summed E-state index contributed by atoms with van der Waals surface area (Å²) in [5.41, 5.74) is 0. The van der Waals surface area contributed by atoms with Gasteiger partial charge in [0.25, 0.3) is 0 Å². The van der Waals surface area contributed by atoms with E-state index in [4.69, 9.17) is 0 Å². The highest BCUT2D eigenvalue weighted by Gasteiger charge is 2.79. The molecule has 0 unspecified atom stereocenters. The van der Waals surface area contributed by atoms with Crippen LogP contribution in [0.25, 0.3) is 0 Å². The first-order chi connectivity index (χ1) is 8.56. The molecule has 0 aliphatic carbocycles. The van der Waals surface area contributed by atoms with Crippen molar-refractivity contribution in [3.8, 4) is 0 Å². The maximum atomic E-state index is 12.7. The smallest absolute Gasteiger partial charge is 0.265 e. The lowest BCUT2D eigenvalue weighted by Crippen LogP contribution is -2.76. The van der Waals surface area contributed by atoms with Crippen molar-refractivity contribution in [3.05, 3.63) is 0 Å². The van der Waals surface area contributed by atoms with Gasteiger partial charge in [0.1, 0.15) is 0 Å². The summed E-state index contributed by atoms with van der Waals surface area (Å²) in [6.07, 6.45) is -12.9. The molecule has 1 aliphatic heterocycles. The van der Waals surface area contributed by atoms with Crippen molar-refractivity contribution in [3.63, 3.8) is 0 Å². The molecule has 0 aromatic heterocycles. The number of amides is 2. The van der Waals surface area contributed by atoms with Crippen molar-refractivity contribution in [1.29, 1.82) is 0 Å². The summed E-state index contributed by atoms with van der Waals surface area (Å²) in [4.78, 5) is 21.2. The quantitative estimate of drug-likeness (QED) is 0.505. The minimum Gasteiger partial charge on any atom is -0.265 e. The molecule has 1 heterocycles. The summed E-state index contributed by atoms with van der Waals surface area (Å²) in [5.74, 6) is -20.4. The summed E-state index contributed by atoms with van der Waals surface area (Å²) < 4.78 is 124. The number of alkyl halides is 10. The van der Waals surface area contributed by atoms with Crippen molar-refractivity contribution in [2.75, 3.05) is 0 Å². The van der Waals surface area contributed by atoms with Crippen LogP contribution in [0.4, 0.5) is 43.9 Å². The highest BCUT2D eigenvalue weighted by atomic mass is 19.4. The Morgan fingerprint density at radius 1 is 0.650 bits per heavy atom. The molecular weight excluding hydrogens is 322 g/mol. The van der Waals surface area contributed by atoms with Gasteiger partial charge in [0, 0.05) is 0 Å². The lowest BCUT2D eigenvalue weighted by atomic mass is 10.1. The van der Waals surface area contributed by atoms with Gasteiger partial charge in [-0.15, -0.1) is 36.4 Å². The Hall–Kier alpha value is -1.76. The number of carbonyl (C=O) groups excluding carboxylic acids is 2. The molecule has 20 heavy (non-hydrogen) atoms. The third kappa shape index (κ3) is 2.02. The molecule has 0 atom stereocenters. The molecule has 0 aromatic carbocycles. The van der Waals surface area contributed by atoms with Gasteiger partial charge in [-0.1, -0.05) is 0 Å². The van der Waals surface area contributed by atoms with Gasteiger partial charge in [-0.25, -0.2) is 0 Å². The van der Waals surface area contributed by atoms with E-state index < -0.39 is 46.3 Å². The molecule has 4 nitrogen and oxygen atoms in total. The fraction of sp³-hybridized carbons (Fsp3) is 0.667.